The molecule has 6 heteroatoms. The fourth-order valence-corrected chi connectivity index (χ4v) is 3.36. The lowest BCUT2D eigenvalue weighted by atomic mass is 10.1. The molecule has 2 aromatic rings. The summed E-state index contributed by atoms with van der Waals surface area (Å²) in [6, 6.07) is 7.85. The second kappa shape index (κ2) is 6.28. The van der Waals surface area contributed by atoms with E-state index in [9.17, 15) is 0 Å². The topological polar surface area (TPSA) is 50.7 Å². The van der Waals surface area contributed by atoms with Gasteiger partial charge in [0.05, 0.1) is 5.69 Å². The van der Waals surface area contributed by atoms with Gasteiger partial charge in [0.1, 0.15) is 24.9 Å². The Morgan fingerprint density at radius 2 is 2.04 bits per heavy atom. The van der Waals surface area contributed by atoms with Crippen LogP contribution in [-0.4, -0.2) is 54.8 Å². The van der Waals surface area contributed by atoms with Crippen molar-refractivity contribution in [1.82, 2.24) is 14.9 Å². The molecule has 0 saturated heterocycles. The van der Waals surface area contributed by atoms with E-state index in [1.54, 1.807) is 6.33 Å². The van der Waals surface area contributed by atoms with Crippen LogP contribution >= 0.6 is 0 Å². The molecule has 1 aromatic heterocycles. The number of anilines is 1. The number of fused-ring (bicyclic) bond motifs is 2. The van der Waals surface area contributed by atoms with Gasteiger partial charge in [-0.2, -0.15) is 0 Å². The van der Waals surface area contributed by atoms with Crippen LogP contribution in [0.1, 0.15) is 11.3 Å². The third kappa shape index (κ3) is 2.89. The summed E-state index contributed by atoms with van der Waals surface area (Å²) in [6.07, 6.45) is 2.66. The van der Waals surface area contributed by atoms with Crippen LogP contribution in [0.2, 0.25) is 0 Å². The molecular weight excluding hydrogens is 304 g/mol. The zero-order chi connectivity index (χ0) is 16.5. The predicted octanol–water partition coefficient (Wildman–Crippen LogP) is 1.74. The summed E-state index contributed by atoms with van der Waals surface area (Å²) >= 11 is 0. The van der Waals surface area contributed by atoms with Gasteiger partial charge < -0.3 is 14.4 Å². The highest BCUT2D eigenvalue weighted by Crippen LogP contribution is 2.31. The molecule has 4 rings (SSSR count). The minimum Gasteiger partial charge on any atom is -0.486 e. The summed E-state index contributed by atoms with van der Waals surface area (Å²) in [7, 11) is 4.05. The van der Waals surface area contributed by atoms with Crippen molar-refractivity contribution in [2.24, 2.45) is 0 Å². The molecule has 24 heavy (non-hydrogen) atoms. The number of rotatable bonds is 3. The van der Waals surface area contributed by atoms with Crippen molar-refractivity contribution in [2.75, 3.05) is 38.7 Å². The molecule has 3 heterocycles. The molecule has 1 atom stereocenters. The van der Waals surface area contributed by atoms with Crippen molar-refractivity contribution < 1.29 is 9.47 Å². The molecule has 0 spiro atoms. The van der Waals surface area contributed by atoms with Crippen LogP contribution in [-0.2, 0) is 13.0 Å². The first-order valence-corrected chi connectivity index (χ1v) is 8.31. The Morgan fingerprint density at radius 1 is 1.21 bits per heavy atom. The number of ether oxygens (including phenoxy) is 2. The zero-order valence-electron chi connectivity index (χ0n) is 14.1. The minimum atomic E-state index is 0.0499. The highest BCUT2D eigenvalue weighted by atomic mass is 16.6. The highest BCUT2D eigenvalue weighted by molar-refractivity contribution is 5.48. The van der Waals surface area contributed by atoms with E-state index in [0.29, 0.717) is 6.61 Å². The van der Waals surface area contributed by atoms with Crippen LogP contribution in [0, 0.1) is 0 Å². The Labute approximate surface area is 142 Å². The molecule has 0 fully saturated rings. The number of nitrogens with zero attached hydrogens (tertiary/aromatic N) is 4. The molecule has 6 nitrogen and oxygen atoms in total. The SMILES string of the molecule is CN(C)c1ncnc2c1CN(C[C@H]1COc3ccccc3O1)CC2. The second-order valence-corrected chi connectivity index (χ2v) is 6.50. The summed E-state index contributed by atoms with van der Waals surface area (Å²) in [6.45, 7) is 3.27. The molecule has 2 aliphatic heterocycles. The van der Waals surface area contributed by atoms with Gasteiger partial charge in [-0.15, -0.1) is 0 Å². The average molecular weight is 326 g/mol. The van der Waals surface area contributed by atoms with E-state index >= 15 is 0 Å². The van der Waals surface area contributed by atoms with E-state index < -0.39 is 0 Å². The maximum Gasteiger partial charge on any atom is 0.161 e. The third-order valence-electron chi connectivity index (χ3n) is 4.51. The lowest BCUT2D eigenvalue weighted by molar-refractivity contribution is 0.0547. The van der Waals surface area contributed by atoms with Crippen molar-refractivity contribution in [3.8, 4) is 11.5 Å². The molecule has 0 bridgehead atoms. The van der Waals surface area contributed by atoms with E-state index in [1.165, 1.54) is 5.56 Å². The Morgan fingerprint density at radius 3 is 2.88 bits per heavy atom. The summed E-state index contributed by atoms with van der Waals surface area (Å²) < 4.78 is 11.9. The van der Waals surface area contributed by atoms with Crippen molar-refractivity contribution in [2.45, 2.75) is 19.1 Å². The third-order valence-corrected chi connectivity index (χ3v) is 4.51. The minimum absolute atomic E-state index is 0.0499. The highest BCUT2D eigenvalue weighted by Gasteiger charge is 2.27. The van der Waals surface area contributed by atoms with Gasteiger partial charge in [0.25, 0.3) is 0 Å². The summed E-state index contributed by atoms with van der Waals surface area (Å²) in [5.41, 5.74) is 2.39. The Bertz CT molecular complexity index is 735. The van der Waals surface area contributed by atoms with Crippen LogP contribution in [0.3, 0.4) is 0 Å². The molecule has 1 aromatic carbocycles. The lowest BCUT2D eigenvalue weighted by Gasteiger charge is -2.34. The maximum atomic E-state index is 6.09. The largest absolute Gasteiger partial charge is 0.486 e. The van der Waals surface area contributed by atoms with Gasteiger partial charge in [0, 0.05) is 45.7 Å². The molecule has 0 unspecified atom stereocenters. The first kappa shape index (κ1) is 15.2. The molecule has 0 N–H and O–H groups in total. The van der Waals surface area contributed by atoms with Gasteiger partial charge in [-0.1, -0.05) is 12.1 Å². The van der Waals surface area contributed by atoms with E-state index in [0.717, 1.165) is 49.1 Å². The molecular formula is C18H22N4O2. The molecule has 0 radical (unpaired) electrons. The van der Waals surface area contributed by atoms with Crippen LogP contribution in [0.25, 0.3) is 0 Å². The monoisotopic (exact) mass is 326 g/mol. The fraction of sp³-hybridized carbons (Fsp3) is 0.444. The fourth-order valence-electron chi connectivity index (χ4n) is 3.36. The van der Waals surface area contributed by atoms with Crippen molar-refractivity contribution >= 4 is 5.82 Å². The second-order valence-electron chi connectivity index (χ2n) is 6.50. The van der Waals surface area contributed by atoms with Gasteiger partial charge in [-0.05, 0) is 12.1 Å². The summed E-state index contributed by atoms with van der Waals surface area (Å²) in [5.74, 6) is 2.68. The number of benzene rings is 1. The molecule has 0 amide bonds. The summed E-state index contributed by atoms with van der Waals surface area (Å²) in [4.78, 5) is 13.3. The average Bonchev–Trinajstić information content (AvgIpc) is 2.61. The van der Waals surface area contributed by atoms with Crippen molar-refractivity contribution in [3.63, 3.8) is 0 Å². The molecule has 0 aliphatic carbocycles. The van der Waals surface area contributed by atoms with Crippen LogP contribution in [0.15, 0.2) is 30.6 Å². The molecule has 2 aliphatic rings. The standard InChI is InChI=1S/C18H22N4O2/c1-21(2)18-14-10-22(8-7-15(14)19-12-20-18)9-13-11-23-16-5-3-4-6-17(16)24-13/h3-6,12-13H,7-11H2,1-2H3/t13-/m0/s1. The van der Waals surface area contributed by atoms with Crippen LogP contribution in [0.5, 0.6) is 11.5 Å². The molecule has 0 saturated carbocycles. The van der Waals surface area contributed by atoms with Gasteiger partial charge in [-0.25, -0.2) is 9.97 Å². The number of para-hydroxylation sites is 2. The maximum absolute atomic E-state index is 6.09. The predicted molar refractivity (Wildman–Crippen MR) is 91.7 cm³/mol. The quantitative estimate of drug-likeness (QED) is 0.856. The lowest BCUT2D eigenvalue weighted by Crippen LogP contribution is -2.43. The van der Waals surface area contributed by atoms with Crippen LogP contribution in [0.4, 0.5) is 5.82 Å². The van der Waals surface area contributed by atoms with E-state index in [4.69, 9.17) is 9.47 Å². The normalized spacial score (nSPS) is 19.7. The first-order valence-electron chi connectivity index (χ1n) is 8.31. The Hall–Kier alpha value is -2.34. The number of hydrogen-bond acceptors (Lipinski definition) is 6. The van der Waals surface area contributed by atoms with Crippen LogP contribution < -0.4 is 14.4 Å². The van der Waals surface area contributed by atoms with Crippen molar-refractivity contribution in [3.05, 3.63) is 41.9 Å². The van der Waals surface area contributed by atoms with Gasteiger partial charge in [0.15, 0.2) is 11.5 Å². The van der Waals surface area contributed by atoms with E-state index in [-0.39, 0.29) is 6.10 Å². The molecule has 126 valence electrons. The van der Waals surface area contributed by atoms with Crippen molar-refractivity contribution in [1.29, 1.82) is 0 Å². The first-order chi connectivity index (χ1) is 11.7. The van der Waals surface area contributed by atoms with Gasteiger partial charge in [0.2, 0.25) is 0 Å². The zero-order valence-corrected chi connectivity index (χ0v) is 14.1. The van der Waals surface area contributed by atoms with Gasteiger partial charge in [-0.3, -0.25) is 4.90 Å². The van der Waals surface area contributed by atoms with Gasteiger partial charge >= 0.3 is 0 Å². The van der Waals surface area contributed by atoms with E-state index in [1.807, 2.05) is 38.4 Å². The smallest absolute Gasteiger partial charge is 0.161 e. The summed E-state index contributed by atoms with van der Waals surface area (Å²) in [5, 5.41) is 0. The Kier molecular flexibility index (Phi) is 3.98. The number of aromatic nitrogens is 2. The Balaban J connectivity index is 1.46. The number of hydrogen-bond donors (Lipinski definition) is 0. The van der Waals surface area contributed by atoms with E-state index in [2.05, 4.69) is 19.8 Å².